The van der Waals surface area contributed by atoms with Crippen molar-refractivity contribution in [3.8, 4) is 11.5 Å². The molecule has 0 saturated carbocycles. The van der Waals surface area contributed by atoms with E-state index < -0.39 is 33.4 Å². The van der Waals surface area contributed by atoms with Crippen molar-refractivity contribution < 1.29 is 27.6 Å². The van der Waals surface area contributed by atoms with E-state index in [1.807, 2.05) is 0 Å². The average molecular weight is 500 g/mol. The molecule has 35 heavy (non-hydrogen) atoms. The molecule has 0 aliphatic heterocycles. The molecule has 0 radical (unpaired) electrons. The molecule has 3 aromatic rings. The summed E-state index contributed by atoms with van der Waals surface area (Å²) in [6.45, 7) is 1.15. The fraction of sp³-hybridized carbons (Fsp3) is 0.208. The van der Waals surface area contributed by atoms with Crippen molar-refractivity contribution in [2.75, 3.05) is 25.1 Å². The first-order valence-corrected chi connectivity index (χ1v) is 11.9. The van der Waals surface area contributed by atoms with Crippen LogP contribution in [0.4, 0.5) is 11.4 Å². The number of carbonyl (C=O) groups is 1. The Morgan fingerprint density at radius 1 is 1.00 bits per heavy atom. The number of hydrogen-bond acceptors (Lipinski definition) is 7. The second kappa shape index (κ2) is 10.9. The lowest BCUT2D eigenvalue weighted by molar-refractivity contribution is -0.384. The fourth-order valence-electron chi connectivity index (χ4n) is 3.42. The van der Waals surface area contributed by atoms with Gasteiger partial charge < -0.3 is 14.8 Å². The predicted molar refractivity (Wildman–Crippen MR) is 130 cm³/mol. The summed E-state index contributed by atoms with van der Waals surface area (Å²) in [7, 11) is -1.19. The number of hydrogen-bond donors (Lipinski definition) is 1. The molecule has 10 nitrogen and oxygen atoms in total. The van der Waals surface area contributed by atoms with E-state index in [2.05, 4.69) is 5.32 Å². The molecule has 11 heteroatoms. The largest absolute Gasteiger partial charge is 0.493 e. The molecule has 3 rings (SSSR count). The van der Waals surface area contributed by atoms with Gasteiger partial charge in [0.05, 0.1) is 35.8 Å². The zero-order valence-electron chi connectivity index (χ0n) is 19.4. The van der Waals surface area contributed by atoms with E-state index in [0.717, 1.165) is 10.4 Å². The maximum absolute atomic E-state index is 13.4. The van der Waals surface area contributed by atoms with Crippen molar-refractivity contribution in [3.05, 3.63) is 88.5 Å². The van der Waals surface area contributed by atoms with Gasteiger partial charge in [-0.2, -0.15) is 0 Å². The van der Waals surface area contributed by atoms with E-state index in [4.69, 9.17) is 9.47 Å². The van der Waals surface area contributed by atoms with Crippen LogP contribution in [0.5, 0.6) is 11.5 Å². The molecular formula is C24H25N3O7S. The molecule has 0 fully saturated rings. The van der Waals surface area contributed by atoms with Crippen LogP contribution >= 0.6 is 0 Å². The number of benzene rings is 3. The van der Waals surface area contributed by atoms with Crippen molar-refractivity contribution in [2.24, 2.45) is 0 Å². The number of nitrogens with zero attached hydrogens (tertiary/aromatic N) is 2. The van der Waals surface area contributed by atoms with Gasteiger partial charge in [0.25, 0.3) is 15.7 Å². The number of non-ortho nitro benzene ring substituents is 1. The first-order chi connectivity index (χ1) is 16.7. The van der Waals surface area contributed by atoms with Gasteiger partial charge in [-0.3, -0.25) is 19.2 Å². The Kier molecular flexibility index (Phi) is 7.92. The topological polar surface area (TPSA) is 128 Å². The summed E-state index contributed by atoms with van der Waals surface area (Å²) in [5.41, 5.74) is 0.413. The summed E-state index contributed by atoms with van der Waals surface area (Å²) in [6.07, 6.45) is 0. The van der Waals surface area contributed by atoms with Crippen LogP contribution in [0.2, 0.25) is 0 Å². The SMILES string of the molecule is COc1ccc([C@H](C)NC(=O)CN(c2cccc([N+](=O)[O-])c2)S(=O)(=O)c2ccccc2)cc1OC. The molecule has 0 bridgehead atoms. The van der Waals surface area contributed by atoms with Gasteiger partial charge in [-0.05, 0) is 42.8 Å². The van der Waals surface area contributed by atoms with E-state index in [1.54, 1.807) is 43.3 Å². The van der Waals surface area contributed by atoms with Crippen LogP contribution in [-0.2, 0) is 14.8 Å². The maximum atomic E-state index is 13.4. The zero-order chi connectivity index (χ0) is 25.6. The lowest BCUT2D eigenvalue weighted by Crippen LogP contribution is -2.41. The van der Waals surface area contributed by atoms with Crippen molar-refractivity contribution in [1.82, 2.24) is 5.32 Å². The fourth-order valence-corrected chi connectivity index (χ4v) is 4.85. The first-order valence-electron chi connectivity index (χ1n) is 10.5. The number of amides is 1. The molecule has 0 spiro atoms. The van der Waals surface area contributed by atoms with Crippen LogP contribution in [0.15, 0.2) is 77.7 Å². The monoisotopic (exact) mass is 499 g/mol. The molecule has 1 atom stereocenters. The standard InChI is InChI=1S/C24H25N3O7S/c1-17(18-12-13-22(33-2)23(14-18)34-3)25-24(28)16-26(19-8-7-9-20(15-19)27(29)30)35(31,32)21-10-5-4-6-11-21/h4-15,17H,16H2,1-3H3,(H,25,28)/t17-/m0/s1. The van der Waals surface area contributed by atoms with Crippen molar-refractivity contribution in [2.45, 2.75) is 17.9 Å². The molecule has 0 aliphatic carbocycles. The van der Waals surface area contributed by atoms with E-state index in [0.29, 0.717) is 17.1 Å². The van der Waals surface area contributed by atoms with Crippen LogP contribution in [-0.4, -0.2) is 40.0 Å². The summed E-state index contributed by atoms with van der Waals surface area (Å²) in [6, 6.07) is 17.4. The third kappa shape index (κ3) is 5.87. The van der Waals surface area contributed by atoms with E-state index >= 15 is 0 Å². The Morgan fingerprint density at radius 3 is 2.31 bits per heavy atom. The number of nitro benzene ring substituents is 1. The van der Waals surface area contributed by atoms with Crippen LogP contribution < -0.4 is 19.1 Å². The number of sulfonamides is 1. The molecule has 3 aromatic carbocycles. The molecule has 1 amide bonds. The molecule has 184 valence electrons. The van der Waals surface area contributed by atoms with E-state index in [1.165, 1.54) is 44.6 Å². The van der Waals surface area contributed by atoms with Gasteiger partial charge in [-0.1, -0.05) is 30.3 Å². The lowest BCUT2D eigenvalue weighted by atomic mass is 10.1. The number of nitro groups is 1. The van der Waals surface area contributed by atoms with Crippen molar-refractivity contribution >= 4 is 27.3 Å². The van der Waals surface area contributed by atoms with Crippen LogP contribution in [0.1, 0.15) is 18.5 Å². The highest BCUT2D eigenvalue weighted by Crippen LogP contribution is 2.30. The van der Waals surface area contributed by atoms with Crippen molar-refractivity contribution in [3.63, 3.8) is 0 Å². The second-order valence-corrected chi connectivity index (χ2v) is 9.37. The quantitative estimate of drug-likeness (QED) is 0.333. The van der Waals surface area contributed by atoms with Gasteiger partial charge in [0.1, 0.15) is 6.54 Å². The number of methoxy groups -OCH3 is 2. The molecule has 1 N–H and O–H groups in total. The van der Waals surface area contributed by atoms with Gasteiger partial charge in [-0.25, -0.2) is 8.42 Å². The number of anilines is 1. The predicted octanol–water partition coefficient (Wildman–Crippen LogP) is 3.68. The Labute approximate surface area is 203 Å². The van der Waals surface area contributed by atoms with Gasteiger partial charge in [0, 0.05) is 12.1 Å². The van der Waals surface area contributed by atoms with E-state index in [-0.39, 0.29) is 16.3 Å². The Morgan fingerprint density at radius 2 is 1.69 bits per heavy atom. The zero-order valence-corrected chi connectivity index (χ0v) is 20.2. The minimum absolute atomic E-state index is 0.00280. The molecule has 0 unspecified atom stereocenters. The minimum Gasteiger partial charge on any atom is -0.493 e. The number of carbonyl (C=O) groups excluding carboxylic acids is 1. The van der Waals surface area contributed by atoms with Gasteiger partial charge >= 0.3 is 0 Å². The van der Waals surface area contributed by atoms with E-state index in [9.17, 15) is 23.3 Å². The highest BCUT2D eigenvalue weighted by atomic mass is 32.2. The molecule has 0 heterocycles. The number of ether oxygens (including phenoxy) is 2. The Balaban J connectivity index is 1.91. The first kappa shape index (κ1) is 25.5. The van der Waals surface area contributed by atoms with Crippen LogP contribution in [0.3, 0.4) is 0 Å². The molecule has 0 saturated heterocycles. The summed E-state index contributed by atoms with van der Waals surface area (Å²) < 4.78 is 38.2. The van der Waals surface area contributed by atoms with Crippen LogP contribution in [0, 0.1) is 10.1 Å². The Hall–Kier alpha value is -4.12. The summed E-state index contributed by atoms with van der Waals surface area (Å²) in [4.78, 5) is 23.6. The summed E-state index contributed by atoms with van der Waals surface area (Å²) in [5.74, 6) is 0.412. The molecule has 0 aliphatic rings. The molecule has 0 aromatic heterocycles. The third-order valence-electron chi connectivity index (χ3n) is 5.23. The normalized spacial score (nSPS) is 11.9. The summed E-state index contributed by atoms with van der Waals surface area (Å²) in [5, 5.41) is 14.0. The van der Waals surface area contributed by atoms with Crippen LogP contribution in [0.25, 0.3) is 0 Å². The Bertz CT molecular complexity index is 1310. The highest BCUT2D eigenvalue weighted by Gasteiger charge is 2.28. The maximum Gasteiger partial charge on any atom is 0.271 e. The van der Waals surface area contributed by atoms with Gasteiger partial charge in [0.2, 0.25) is 5.91 Å². The average Bonchev–Trinajstić information content (AvgIpc) is 2.87. The van der Waals surface area contributed by atoms with Crippen molar-refractivity contribution in [1.29, 1.82) is 0 Å². The highest BCUT2D eigenvalue weighted by molar-refractivity contribution is 7.92. The minimum atomic E-state index is -4.20. The summed E-state index contributed by atoms with van der Waals surface area (Å²) >= 11 is 0. The van der Waals surface area contributed by atoms with Gasteiger partial charge in [-0.15, -0.1) is 0 Å². The number of nitrogens with one attached hydrogen (secondary N) is 1. The lowest BCUT2D eigenvalue weighted by Gasteiger charge is -2.25. The molecular weight excluding hydrogens is 474 g/mol. The third-order valence-corrected chi connectivity index (χ3v) is 7.02. The number of rotatable bonds is 10. The smallest absolute Gasteiger partial charge is 0.271 e. The van der Waals surface area contributed by atoms with Gasteiger partial charge in [0.15, 0.2) is 11.5 Å². The second-order valence-electron chi connectivity index (χ2n) is 7.51.